The van der Waals surface area contributed by atoms with Crippen LogP contribution >= 0.6 is 0 Å². The van der Waals surface area contributed by atoms with Crippen molar-refractivity contribution in [2.75, 3.05) is 11.5 Å². The van der Waals surface area contributed by atoms with Gasteiger partial charge in [0.2, 0.25) is 0 Å². The lowest BCUT2D eigenvalue weighted by molar-refractivity contribution is 0.0968. The molecule has 1 aromatic heterocycles. The zero-order valence-electron chi connectivity index (χ0n) is 13.7. The van der Waals surface area contributed by atoms with Gasteiger partial charge in [-0.2, -0.15) is 0 Å². The number of anilines is 1. The van der Waals surface area contributed by atoms with Crippen molar-refractivity contribution in [3.05, 3.63) is 70.3 Å². The van der Waals surface area contributed by atoms with Gasteiger partial charge in [-0.05, 0) is 36.2 Å². The van der Waals surface area contributed by atoms with Gasteiger partial charge in [0.25, 0.3) is 11.5 Å². The normalized spacial score (nSPS) is 16.2. The van der Waals surface area contributed by atoms with E-state index in [9.17, 15) is 14.7 Å². The fourth-order valence-corrected chi connectivity index (χ4v) is 3.36. The van der Waals surface area contributed by atoms with E-state index in [4.69, 9.17) is 0 Å². The van der Waals surface area contributed by atoms with Crippen LogP contribution in [-0.2, 0) is 13.5 Å². The third-order valence-electron chi connectivity index (χ3n) is 4.67. The summed E-state index contributed by atoms with van der Waals surface area (Å²) in [6.07, 6.45) is 2.07. The lowest BCUT2D eigenvalue weighted by Gasteiger charge is -2.24. The molecule has 0 aliphatic carbocycles. The molecule has 1 aliphatic rings. The predicted molar refractivity (Wildman–Crippen MR) is 94.8 cm³/mol. The Labute approximate surface area is 144 Å². The van der Waals surface area contributed by atoms with Crippen LogP contribution in [0.5, 0.6) is 0 Å². The second kappa shape index (κ2) is 5.82. The van der Waals surface area contributed by atoms with E-state index in [1.165, 1.54) is 10.9 Å². The summed E-state index contributed by atoms with van der Waals surface area (Å²) in [6.45, 7) is -0.104. The van der Waals surface area contributed by atoms with E-state index >= 15 is 0 Å². The van der Waals surface area contributed by atoms with E-state index in [2.05, 4.69) is 4.98 Å². The molecule has 6 heteroatoms. The molecule has 4 rings (SSSR count). The molecule has 0 spiro atoms. The Morgan fingerprint density at radius 2 is 2.08 bits per heavy atom. The van der Waals surface area contributed by atoms with Gasteiger partial charge in [-0.1, -0.05) is 18.2 Å². The Hall–Kier alpha value is -2.99. The molecule has 0 fully saturated rings. The fraction of sp³-hybridized carbons (Fsp3) is 0.211. The van der Waals surface area contributed by atoms with Crippen LogP contribution in [0.15, 0.2) is 53.6 Å². The van der Waals surface area contributed by atoms with Gasteiger partial charge in [0, 0.05) is 18.3 Å². The third kappa shape index (κ3) is 2.42. The van der Waals surface area contributed by atoms with Crippen molar-refractivity contribution in [1.82, 2.24) is 9.55 Å². The number of benzene rings is 2. The maximum absolute atomic E-state index is 13.1. The van der Waals surface area contributed by atoms with E-state index in [0.717, 1.165) is 11.3 Å². The van der Waals surface area contributed by atoms with Crippen LogP contribution in [-0.4, -0.2) is 33.2 Å². The van der Waals surface area contributed by atoms with Gasteiger partial charge in [0.15, 0.2) is 0 Å². The number of aryl methyl sites for hydroxylation is 1. The van der Waals surface area contributed by atoms with Crippen molar-refractivity contribution in [2.45, 2.75) is 12.5 Å². The molecule has 0 saturated carbocycles. The van der Waals surface area contributed by atoms with Crippen LogP contribution in [0, 0.1) is 0 Å². The molecule has 2 heterocycles. The number of rotatable bonds is 2. The van der Waals surface area contributed by atoms with E-state index in [1.807, 2.05) is 24.3 Å². The molecular formula is C19H17N3O3. The SMILES string of the molecule is Cn1cnc2cc(C(=O)N3c4ccccc4C[C@@H]3CO)ccc2c1=O. The highest BCUT2D eigenvalue weighted by Crippen LogP contribution is 2.33. The number of nitrogens with zero attached hydrogens (tertiary/aromatic N) is 3. The molecule has 1 amide bonds. The monoisotopic (exact) mass is 335 g/mol. The number of carbonyl (C=O) groups excluding carboxylic acids is 1. The van der Waals surface area contributed by atoms with Gasteiger partial charge in [-0.15, -0.1) is 0 Å². The van der Waals surface area contributed by atoms with Crippen molar-refractivity contribution in [2.24, 2.45) is 7.05 Å². The van der Waals surface area contributed by atoms with Crippen LogP contribution < -0.4 is 10.5 Å². The van der Waals surface area contributed by atoms with Crippen LogP contribution in [0.2, 0.25) is 0 Å². The summed E-state index contributed by atoms with van der Waals surface area (Å²) in [4.78, 5) is 31.1. The number of aliphatic hydroxyl groups is 1. The number of hydrogen-bond acceptors (Lipinski definition) is 4. The van der Waals surface area contributed by atoms with Gasteiger partial charge in [-0.3, -0.25) is 9.59 Å². The number of aromatic nitrogens is 2. The molecule has 2 aromatic carbocycles. The largest absolute Gasteiger partial charge is 0.394 e. The number of amides is 1. The lowest BCUT2D eigenvalue weighted by atomic mass is 10.1. The molecule has 1 N–H and O–H groups in total. The molecule has 3 aromatic rings. The second-order valence-electron chi connectivity index (χ2n) is 6.24. The van der Waals surface area contributed by atoms with Crippen molar-refractivity contribution < 1.29 is 9.90 Å². The second-order valence-corrected chi connectivity index (χ2v) is 6.24. The zero-order chi connectivity index (χ0) is 17.6. The Morgan fingerprint density at radius 1 is 1.28 bits per heavy atom. The number of fused-ring (bicyclic) bond motifs is 2. The van der Waals surface area contributed by atoms with Crippen molar-refractivity contribution >= 4 is 22.5 Å². The van der Waals surface area contributed by atoms with Crippen molar-refractivity contribution in [3.8, 4) is 0 Å². The smallest absolute Gasteiger partial charge is 0.260 e. The number of hydrogen-bond donors (Lipinski definition) is 1. The summed E-state index contributed by atoms with van der Waals surface area (Å²) in [6, 6.07) is 12.3. The van der Waals surface area contributed by atoms with E-state index < -0.39 is 0 Å². The van der Waals surface area contributed by atoms with Crippen molar-refractivity contribution in [1.29, 1.82) is 0 Å². The molecule has 1 aliphatic heterocycles. The Kier molecular flexibility index (Phi) is 3.62. The van der Waals surface area contributed by atoms with E-state index in [-0.39, 0.29) is 24.1 Å². The summed E-state index contributed by atoms with van der Waals surface area (Å²) >= 11 is 0. The highest BCUT2D eigenvalue weighted by Gasteiger charge is 2.33. The first kappa shape index (κ1) is 15.5. The topological polar surface area (TPSA) is 75.4 Å². The van der Waals surface area contributed by atoms with Gasteiger partial charge in [0.05, 0.1) is 29.9 Å². The van der Waals surface area contributed by atoms with Crippen LogP contribution in [0.25, 0.3) is 10.9 Å². The fourth-order valence-electron chi connectivity index (χ4n) is 3.36. The Balaban J connectivity index is 1.79. The molecular weight excluding hydrogens is 318 g/mol. The molecule has 0 radical (unpaired) electrons. The van der Waals surface area contributed by atoms with E-state index in [1.54, 1.807) is 30.1 Å². The highest BCUT2D eigenvalue weighted by atomic mass is 16.3. The lowest BCUT2D eigenvalue weighted by Crippen LogP contribution is -2.40. The first-order chi connectivity index (χ1) is 12.1. The summed E-state index contributed by atoms with van der Waals surface area (Å²) in [5.41, 5.74) is 2.65. The van der Waals surface area contributed by atoms with Gasteiger partial charge in [0.1, 0.15) is 0 Å². The molecule has 25 heavy (non-hydrogen) atoms. The molecule has 0 unspecified atom stereocenters. The van der Waals surface area contributed by atoms with Crippen LogP contribution in [0.1, 0.15) is 15.9 Å². The Morgan fingerprint density at radius 3 is 2.88 bits per heavy atom. The average molecular weight is 335 g/mol. The minimum Gasteiger partial charge on any atom is -0.394 e. The summed E-state index contributed by atoms with van der Waals surface area (Å²) in [5.74, 6) is -0.201. The summed E-state index contributed by atoms with van der Waals surface area (Å²) in [5, 5.41) is 10.2. The summed E-state index contributed by atoms with van der Waals surface area (Å²) in [7, 11) is 1.64. The molecule has 1 atom stereocenters. The van der Waals surface area contributed by atoms with Crippen molar-refractivity contribution in [3.63, 3.8) is 0 Å². The maximum atomic E-state index is 13.1. The molecule has 126 valence electrons. The average Bonchev–Trinajstić information content (AvgIpc) is 3.02. The van der Waals surface area contributed by atoms with Gasteiger partial charge >= 0.3 is 0 Å². The first-order valence-electron chi connectivity index (χ1n) is 8.08. The third-order valence-corrected chi connectivity index (χ3v) is 4.67. The number of para-hydroxylation sites is 1. The van der Waals surface area contributed by atoms with Gasteiger partial charge in [-0.25, -0.2) is 4.98 Å². The molecule has 6 nitrogen and oxygen atoms in total. The maximum Gasteiger partial charge on any atom is 0.260 e. The predicted octanol–water partition coefficient (Wildman–Crippen LogP) is 1.50. The first-order valence-corrected chi connectivity index (χ1v) is 8.08. The quantitative estimate of drug-likeness (QED) is 0.770. The Bertz CT molecular complexity index is 1040. The minimum absolute atomic E-state index is 0.104. The van der Waals surface area contributed by atoms with E-state index in [0.29, 0.717) is 22.9 Å². The van der Waals surface area contributed by atoms with Gasteiger partial charge < -0.3 is 14.6 Å². The molecule has 0 bridgehead atoms. The highest BCUT2D eigenvalue weighted by molar-refractivity contribution is 6.09. The van der Waals surface area contributed by atoms with Crippen LogP contribution in [0.3, 0.4) is 0 Å². The number of carbonyl (C=O) groups is 1. The minimum atomic E-state index is -0.280. The number of aliphatic hydroxyl groups excluding tert-OH is 1. The van der Waals surface area contributed by atoms with Crippen LogP contribution in [0.4, 0.5) is 5.69 Å². The standard InChI is InChI=1S/C19H17N3O3/c1-21-11-20-16-9-13(6-7-15(16)19(21)25)18(24)22-14(10-23)8-12-4-2-3-5-17(12)22/h2-7,9,11,14,23H,8,10H2,1H3/t14-/m1/s1. The molecule has 0 saturated heterocycles. The summed E-state index contributed by atoms with van der Waals surface area (Å²) < 4.78 is 1.41. The zero-order valence-corrected chi connectivity index (χ0v) is 13.7.